The third-order valence-electron chi connectivity index (χ3n) is 4.48. The lowest BCUT2D eigenvalue weighted by Gasteiger charge is -2.30. The number of rotatable bonds is 7. The van der Waals surface area contributed by atoms with Crippen LogP contribution in [0.25, 0.3) is 0 Å². The normalized spacial score (nSPS) is 16.2. The lowest BCUT2D eigenvalue weighted by atomic mass is 10.2. The highest BCUT2D eigenvalue weighted by atomic mass is 127. The van der Waals surface area contributed by atoms with Crippen LogP contribution in [0.5, 0.6) is 0 Å². The number of aliphatic hydroxyl groups is 1. The Morgan fingerprint density at radius 1 is 1.29 bits per heavy atom. The molecule has 0 aromatic heterocycles. The van der Waals surface area contributed by atoms with Gasteiger partial charge < -0.3 is 9.84 Å². The molecule has 0 amide bonds. The number of aliphatic hydroxyl groups excluding tert-OH is 1. The summed E-state index contributed by atoms with van der Waals surface area (Å²) < 4.78 is 21.0. The highest BCUT2D eigenvalue weighted by Crippen LogP contribution is 2.32. The molecule has 5 nitrogen and oxygen atoms in total. The van der Waals surface area contributed by atoms with Crippen molar-refractivity contribution in [2.75, 3.05) is 44.5 Å². The minimum absolute atomic E-state index is 0.0977. The summed E-state index contributed by atoms with van der Waals surface area (Å²) in [5.74, 6) is -0.372. The van der Waals surface area contributed by atoms with Crippen LogP contribution in [0.1, 0.15) is 5.56 Å². The first kappa shape index (κ1) is 21.9. The molecule has 8 heteroatoms. The van der Waals surface area contributed by atoms with Gasteiger partial charge >= 0.3 is 0 Å². The average molecular weight is 565 g/mol. The number of ether oxygens (including phenoxy) is 1. The first-order chi connectivity index (χ1) is 13.4. The molecule has 0 radical (unpaired) electrons. The van der Waals surface area contributed by atoms with Gasteiger partial charge in [-0.1, -0.05) is 0 Å². The summed E-state index contributed by atoms with van der Waals surface area (Å²) in [4.78, 5) is 8.12. The maximum atomic E-state index is 14.1. The predicted molar refractivity (Wildman–Crippen MR) is 119 cm³/mol. The minimum atomic E-state index is -0.662. The van der Waals surface area contributed by atoms with Gasteiger partial charge in [0, 0.05) is 29.3 Å². The largest absolute Gasteiger partial charge is 0.389 e. The SMILES string of the molecule is Cc1cc(I)ccc1N(OCC(O)CN1CCOCC1)c1ccc(Br)c(F)c1. The van der Waals surface area contributed by atoms with Crippen molar-refractivity contribution in [1.82, 2.24) is 4.90 Å². The van der Waals surface area contributed by atoms with Crippen molar-refractivity contribution in [3.8, 4) is 0 Å². The zero-order valence-corrected chi connectivity index (χ0v) is 19.3. The minimum Gasteiger partial charge on any atom is -0.389 e. The van der Waals surface area contributed by atoms with Crippen LogP contribution >= 0.6 is 38.5 Å². The molecule has 1 aliphatic heterocycles. The maximum Gasteiger partial charge on any atom is 0.139 e. The first-order valence-corrected chi connectivity index (χ1v) is 10.9. The highest BCUT2D eigenvalue weighted by molar-refractivity contribution is 14.1. The van der Waals surface area contributed by atoms with Crippen LogP contribution < -0.4 is 5.06 Å². The van der Waals surface area contributed by atoms with E-state index < -0.39 is 6.10 Å². The molecule has 0 saturated carbocycles. The molecular weight excluding hydrogens is 542 g/mol. The number of halogens is 3. The molecule has 28 heavy (non-hydrogen) atoms. The second kappa shape index (κ2) is 10.3. The Hall–Kier alpha value is -0.780. The van der Waals surface area contributed by atoms with Gasteiger partial charge in [0.25, 0.3) is 0 Å². The van der Waals surface area contributed by atoms with E-state index in [0.29, 0.717) is 29.9 Å². The van der Waals surface area contributed by atoms with Gasteiger partial charge in [-0.25, -0.2) is 9.45 Å². The van der Waals surface area contributed by atoms with E-state index >= 15 is 0 Å². The Balaban J connectivity index is 1.76. The van der Waals surface area contributed by atoms with Crippen molar-refractivity contribution in [1.29, 1.82) is 0 Å². The number of β-amino-alcohol motifs (C(OH)–C–C–N with tert-alkyl or cyclic N) is 1. The summed E-state index contributed by atoms with van der Waals surface area (Å²) in [6.45, 7) is 5.55. The second-order valence-corrected chi connectivity index (χ2v) is 8.79. The summed E-state index contributed by atoms with van der Waals surface area (Å²) >= 11 is 5.44. The molecule has 1 saturated heterocycles. The summed E-state index contributed by atoms with van der Waals surface area (Å²) in [5.41, 5.74) is 2.36. The molecule has 0 spiro atoms. The Bertz CT molecular complexity index is 805. The lowest BCUT2D eigenvalue weighted by Crippen LogP contribution is -2.42. The van der Waals surface area contributed by atoms with Crippen LogP contribution in [0, 0.1) is 16.3 Å². The third kappa shape index (κ3) is 5.87. The Kier molecular flexibility index (Phi) is 8.07. The van der Waals surface area contributed by atoms with E-state index in [2.05, 4.69) is 43.4 Å². The molecule has 1 unspecified atom stereocenters. The van der Waals surface area contributed by atoms with Crippen molar-refractivity contribution in [3.05, 3.63) is 55.8 Å². The molecule has 1 atom stereocenters. The van der Waals surface area contributed by atoms with E-state index in [4.69, 9.17) is 9.57 Å². The Morgan fingerprint density at radius 2 is 2.04 bits per heavy atom. The Morgan fingerprint density at radius 3 is 2.71 bits per heavy atom. The van der Waals surface area contributed by atoms with Crippen LogP contribution in [0.3, 0.4) is 0 Å². The van der Waals surface area contributed by atoms with Gasteiger partial charge in [0.1, 0.15) is 12.4 Å². The molecule has 1 aliphatic rings. The summed E-state index contributed by atoms with van der Waals surface area (Å²) in [6.07, 6.45) is -0.662. The second-order valence-electron chi connectivity index (χ2n) is 6.69. The number of hydrogen-bond acceptors (Lipinski definition) is 5. The van der Waals surface area contributed by atoms with Crippen molar-refractivity contribution >= 4 is 49.9 Å². The van der Waals surface area contributed by atoms with E-state index in [9.17, 15) is 9.50 Å². The van der Waals surface area contributed by atoms with Gasteiger partial charge in [0.05, 0.1) is 35.2 Å². The van der Waals surface area contributed by atoms with Gasteiger partial charge in [0.2, 0.25) is 0 Å². The van der Waals surface area contributed by atoms with Crippen LogP contribution in [0.4, 0.5) is 15.8 Å². The molecular formula is C20H23BrFIN2O3. The molecule has 1 heterocycles. The number of morpholine rings is 1. The number of hydrogen-bond donors (Lipinski definition) is 1. The summed E-state index contributed by atoms with van der Waals surface area (Å²) in [5, 5.41) is 12.0. The molecule has 0 aliphatic carbocycles. The zero-order valence-electron chi connectivity index (χ0n) is 15.6. The van der Waals surface area contributed by atoms with E-state index in [1.54, 1.807) is 17.2 Å². The van der Waals surface area contributed by atoms with Gasteiger partial charge in [0.15, 0.2) is 0 Å². The molecule has 3 rings (SSSR count). The van der Waals surface area contributed by atoms with E-state index in [-0.39, 0.29) is 12.4 Å². The fraction of sp³-hybridized carbons (Fsp3) is 0.400. The van der Waals surface area contributed by atoms with E-state index in [0.717, 1.165) is 27.9 Å². The molecule has 0 bridgehead atoms. The number of aryl methyl sites for hydroxylation is 1. The standard InChI is InChI=1S/C20H23BrFIN2O3/c1-14-10-15(23)2-5-20(14)25(16-3-4-18(21)19(22)11-16)28-13-17(26)12-24-6-8-27-9-7-24/h2-5,10-11,17,26H,6-9,12-13H2,1H3. The fourth-order valence-electron chi connectivity index (χ4n) is 3.04. The van der Waals surface area contributed by atoms with Gasteiger partial charge in [-0.3, -0.25) is 9.74 Å². The Labute approximate surface area is 186 Å². The fourth-order valence-corrected chi connectivity index (χ4v) is 3.93. The van der Waals surface area contributed by atoms with Gasteiger partial charge in [-0.2, -0.15) is 0 Å². The van der Waals surface area contributed by atoms with Gasteiger partial charge in [-0.15, -0.1) is 0 Å². The first-order valence-electron chi connectivity index (χ1n) is 9.06. The number of nitrogens with zero attached hydrogens (tertiary/aromatic N) is 2. The van der Waals surface area contributed by atoms with E-state index in [1.165, 1.54) is 6.07 Å². The topological polar surface area (TPSA) is 45.2 Å². The van der Waals surface area contributed by atoms with Crippen LogP contribution in [0.15, 0.2) is 40.9 Å². The average Bonchev–Trinajstić information content (AvgIpc) is 2.67. The third-order valence-corrected chi connectivity index (χ3v) is 5.80. The molecule has 1 fully saturated rings. The molecule has 2 aromatic carbocycles. The number of benzene rings is 2. The van der Waals surface area contributed by atoms with Crippen LogP contribution in [-0.4, -0.2) is 55.6 Å². The van der Waals surface area contributed by atoms with Crippen LogP contribution in [0.2, 0.25) is 0 Å². The summed E-state index contributed by atoms with van der Waals surface area (Å²) in [6, 6.07) is 10.8. The van der Waals surface area contributed by atoms with Crippen molar-refractivity contribution in [2.45, 2.75) is 13.0 Å². The van der Waals surface area contributed by atoms with E-state index in [1.807, 2.05) is 25.1 Å². The lowest BCUT2D eigenvalue weighted by molar-refractivity contribution is -0.0142. The van der Waals surface area contributed by atoms with Crippen molar-refractivity contribution in [2.24, 2.45) is 0 Å². The summed E-state index contributed by atoms with van der Waals surface area (Å²) in [7, 11) is 0. The smallest absolute Gasteiger partial charge is 0.139 e. The molecule has 152 valence electrons. The van der Waals surface area contributed by atoms with Crippen molar-refractivity contribution in [3.63, 3.8) is 0 Å². The highest BCUT2D eigenvalue weighted by Gasteiger charge is 2.19. The molecule has 2 aromatic rings. The van der Waals surface area contributed by atoms with Crippen molar-refractivity contribution < 1.29 is 19.1 Å². The molecule has 1 N–H and O–H groups in total. The quantitative estimate of drug-likeness (QED) is 0.402. The van der Waals surface area contributed by atoms with Gasteiger partial charge in [-0.05, 0) is 81.3 Å². The maximum absolute atomic E-state index is 14.1. The predicted octanol–water partition coefficient (Wildman–Crippen LogP) is 4.26. The number of anilines is 2. The zero-order chi connectivity index (χ0) is 20.1. The monoisotopic (exact) mass is 564 g/mol. The van der Waals surface area contributed by atoms with Crippen LogP contribution in [-0.2, 0) is 9.57 Å².